The zero-order valence-electron chi connectivity index (χ0n) is 6.68. The molecule has 1 nitrogen and oxygen atoms in total. The van der Waals surface area contributed by atoms with Gasteiger partial charge in [0.05, 0.1) is 0 Å². The molecule has 0 unspecified atom stereocenters. The number of hydrogen-bond acceptors (Lipinski definition) is 0. The number of hydrogen-bond donors (Lipinski definition) is 1. The van der Waals surface area contributed by atoms with E-state index in [9.17, 15) is 4.39 Å². The smallest absolute Gasteiger partial charge is 0.123 e. The summed E-state index contributed by atoms with van der Waals surface area (Å²) in [6.45, 7) is 2.07. The van der Waals surface area contributed by atoms with E-state index in [1.54, 1.807) is 12.1 Å². The van der Waals surface area contributed by atoms with Crippen LogP contribution in [0.4, 0.5) is 4.39 Å². The van der Waals surface area contributed by atoms with Gasteiger partial charge < -0.3 is 5.73 Å². The van der Waals surface area contributed by atoms with Gasteiger partial charge in [-0.3, -0.25) is 0 Å². The third-order valence-corrected chi connectivity index (χ3v) is 1.83. The van der Waals surface area contributed by atoms with Gasteiger partial charge in [0.2, 0.25) is 0 Å². The maximum atomic E-state index is 12.4. The average Bonchev–Trinajstić information content (AvgIpc) is 2.05. The molecule has 0 fully saturated rings. The molecule has 0 bridgehead atoms. The van der Waals surface area contributed by atoms with Gasteiger partial charge >= 0.3 is 0 Å². The SMILES string of the molecule is CC[C@H]([NH3+])c1ccc(F)cc1. The molecular weight excluding hydrogens is 141 g/mol. The van der Waals surface area contributed by atoms with Gasteiger partial charge in [0.15, 0.2) is 0 Å². The summed E-state index contributed by atoms with van der Waals surface area (Å²) < 4.78 is 12.4. The minimum Gasteiger partial charge on any atom is -0.351 e. The molecule has 1 aromatic carbocycles. The zero-order valence-corrected chi connectivity index (χ0v) is 6.68. The van der Waals surface area contributed by atoms with Crippen molar-refractivity contribution in [1.82, 2.24) is 0 Å². The lowest BCUT2D eigenvalue weighted by Gasteiger charge is -2.04. The van der Waals surface area contributed by atoms with Gasteiger partial charge in [-0.2, -0.15) is 0 Å². The molecule has 0 heterocycles. The lowest BCUT2D eigenvalue weighted by molar-refractivity contribution is -0.427. The zero-order chi connectivity index (χ0) is 8.27. The minimum absolute atomic E-state index is 0.183. The summed E-state index contributed by atoms with van der Waals surface area (Å²) in [5, 5.41) is 0. The van der Waals surface area contributed by atoms with E-state index in [1.807, 2.05) is 0 Å². The Hall–Kier alpha value is -0.890. The van der Waals surface area contributed by atoms with Crippen LogP contribution in [-0.4, -0.2) is 0 Å². The van der Waals surface area contributed by atoms with Gasteiger partial charge in [0.25, 0.3) is 0 Å². The molecule has 0 amide bonds. The van der Waals surface area contributed by atoms with Crippen molar-refractivity contribution < 1.29 is 10.1 Å². The van der Waals surface area contributed by atoms with Crippen molar-refractivity contribution in [1.29, 1.82) is 0 Å². The van der Waals surface area contributed by atoms with Crippen molar-refractivity contribution in [3.63, 3.8) is 0 Å². The normalized spacial score (nSPS) is 13.0. The molecule has 0 saturated carbocycles. The largest absolute Gasteiger partial charge is 0.351 e. The summed E-state index contributed by atoms with van der Waals surface area (Å²) in [6, 6.07) is 6.81. The molecule has 1 rings (SSSR count). The predicted molar refractivity (Wildman–Crippen MR) is 42.3 cm³/mol. The summed E-state index contributed by atoms with van der Waals surface area (Å²) in [6.07, 6.45) is 0.992. The van der Waals surface area contributed by atoms with Crippen molar-refractivity contribution in [2.75, 3.05) is 0 Å². The second-order valence-electron chi connectivity index (χ2n) is 2.66. The molecule has 0 radical (unpaired) electrons. The molecule has 2 heteroatoms. The number of rotatable bonds is 2. The fourth-order valence-electron chi connectivity index (χ4n) is 0.971. The molecule has 0 spiro atoms. The van der Waals surface area contributed by atoms with Crippen LogP contribution in [0.2, 0.25) is 0 Å². The maximum absolute atomic E-state index is 12.4. The summed E-state index contributed by atoms with van der Waals surface area (Å²) in [7, 11) is 0. The Morgan fingerprint density at radius 1 is 1.36 bits per heavy atom. The quantitative estimate of drug-likeness (QED) is 0.669. The van der Waals surface area contributed by atoms with E-state index in [0.29, 0.717) is 0 Å². The molecule has 0 saturated heterocycles. The van der Waals surface area contributed by atoms with Gasteiger partial charge in [0, 0.05) is 12.0 Å². The molecule has 0 aliphatic carbocycles. The molecule has 60 valence electrons. The highest BCUT2D eigenvalue weighted by Gasteiger charge is 2.04. The van der Waals surface area contributed by atoms with Crippen molar-refractivity contribution in [3.8, 4) is 0 Å². The Kier molecular flexibility index (Phi) is 2.60. The van der Waals surface area contributed by atoms with E-state index in [2.05, 4.69) is 12.7 Å². The molecule has 0 aliphatic rings. The first-order chi connectivity index (χ1) is 5.24. The van der Waals surface area contributed by atoms with E-state index in [4.69, 9.17) is 0 Å². The second kappa shape index (κ2) is 3.49. The fourth-order valence-corrected chi connectivity index (χ4v) is 0.971. The lowest BCUT2D eigenvalue weighted by atomic mass is 10.1. The fraction of sp³-hybridized carbons (Fsp3) is 0.333. The Bertz CT molecular complexity index is 218. The van der Waals surface area contributed by atoms with Crippen LogP contribution in [0.3, 0.4) is 0 Å². The average molecular weight is 154 g/mol. The number of quaternary nitrogens is 1. The Morgan fingerprint density at radius 2 is 1.91 bits per heavy atom. The third-order valence-electron chi connectivity index (χ3n) is 1.83. The lowest BCUT2D eigenvalue weighted by Crippen LogP contribution is -2.53. The minimum atomic E-state index is -0.183. The van der Waals surface area contributed by atoms with Gasteiger partial charge in [0.1, 0.15) is 11.9 Å². The van der Waals surface area contributed by atoms with E-state index in [1.165, 1.54) is 12.1 Å². The highest BCUT2D eigenvalue weighted by Crippen LogP contribution is 2.11. The van der Waals surface area contributed by atoms with Gasteiger partial charge in [-0.25, -0.2) is 4.39 Å². The van der Waals surface area contributed by atoms with Gasteiger partial charge in [-0.1, -0.05) is 19.1 Å². The highest BCUT2D eigenvalue weighted by molar-refractivity contribution is 5.17. The van der Waals surface area contributed by atoms with E-state index in [-0.39, 0.29) is 11.9 Å². The molecule has 1 aromatic rings. The van der Waals surface area contributed by atoms with E-state index >= 15 is 0 Å². The van der Waals surface area contributed by atoms with Crippen LogP contribution in [-0.2, 0) is 0 Å². The topological polar surface area (TPSA) is 27.6 Å². The molecule has 0 aliphatic heterocycles. The number of halogens is 1. The Morgan fingerprint density at radius 3 is 2.36 bits per heavy atom. The van der Waals surface area contributed by atoms with Crippen molar-refractivity contribution in [2.24, 2.45) is 0 Å². The highest BCUT2D eigenvalue weighted by atomic mass is 19.1. The standard InChI is InChI=1S/C9H12FN/c1-2-9(11)7-3-5-8(10)6-4-7/h3-6,9H,2,11H2,1H3/p+1/t9-/m0/s1. The summed E-state index contributed by atoms with van der Waals surface area (Å²) in [5.41, 5.74) is 5.04. The molecular formula is C9H13FN+. The number of benzene rings is 1. The van der Waals surface area contributed by atoms with Crippen molar-refractivity contribution in [2.45, 2.75) is 19.4 Å². The molecule has 0 aromatic heterocycles. The molecule has 11 heavy (non-hydrogen) atoms. The monoisotopic (exact) mass is 154 g/mol. The van der Waals surface area contributed by atoms with Crippen LogP contribution >= 0.6 is 0 Å². The first-order valence-corrected chi connectivity index (χ1v) is 3.82. The van der Waals surface area contributed by atoms with Crippen LogP contribution in [0, 0.1) is 5.82 Å². The maximum Gasteiger partial charge on any atom is 0.123 e. The molecule has 1 atom stereocenters. The van der Waals surface area contributed by atoms with Crippen LogP contribution in [0.25, 0.3) is 0 Å². The summed E-state index contributed by atoms with van der Waals surface area (Å²) in [4.78, 5) is 0. The Balaban J connectivity index is 2.81. The van der Waals surface area contributed by atoms with Gasteiger partial charge in [-0.15, -0.1) is 0 Å². The first-order valence-electron chi connectivity index (χ1n) is 3.82. The van der Waals surface area contributed by atoms with E-state index < -0.39 is 0 Å². The van der Waals surface area contributed by atoms with Crippen LogP contribution in [0.1, 0.15) is 24.9 Å². The first kappa shape index (κ1) is 8.21. The van der Waals surface area contributed by atoms with Crippen molar-refractivity contribution >= 4 is 0 Å². The Labute approximate surface area is 66.0 Å². The summed E-state index contributed by atoms with van der Waals surface area (Å²) in [5.74, 6) is -0.183. The predicted octanol–water partition coefficient (Wildman–Crippen LogP) is 1.52. The van der Waals surface area contributed by atoms with Crippen LogP contribution in [0.5, 0.6) is 0 Å². The summed E-state index contributed by atoms with van der Waals surface area (Å²) >= 11 is 0. The third kappa shape index (κ3) is 2.02. The van der Waals surface area contributed by atoms with Crippen LogP contribution < -0.4 is 5.73 Å². The van der Waals surface area contributed by atoms with Gasteiger partial charge in [-0.05, 0) is 12.1 Å². The second-order valence-corrected chi connectivity index (χ2v) is 2.66. The van der Waals surface area contributed by atoms with E-state index in [0.717, 1.165) is 12.0 Å². The van der Waals surface area contributed by atoms with Crippen molar-refractivity contribution in [3.05, 3.63) is 35.6 Å². The molecule has 3 N–H and O–H groups in total. The van der Waals surface area contributed by atoms with Crippen LogP contribution in [0.15, 0.2) is 24.3 Å².